The Morgan fingerprint density at radius 3 is 2.97 bits per heavy atom. The standard InChI is InChI=1S/C22H20N6S2/c1-14(25-16-7-3-2-6-15(16)23)19-9-10-21(30-19)27-22-26-17(13-29-22)18-12-24-20-8-4-5-11-28(18)20/h2-8,10-13,19,25H,1,9,23H2,(H,26,27). The molecule has 4 aromatic rings. The lowest BCUT2D eigenvalue weighted by Gasteiger charge is -2.17. The van der Waals surface area contributed by atoms with Gasteiger partial charge in [0.2, 0.25) is 0 Å². The number of imidazole rings is 1. The Morgan fingerprint density at radius 1 is 1.20 bits per heavy atom. The van der Waals surface area contributed by atoms with Gasteiger partial charge in [-0.3, -0.25) is 4.40 Å². The Hall–Kier alpha value is -3.23. The van der Waals surface area contributed by atoms with Crippen molar-refractivity contribution in [2.75, 3.05) is 16.4 Å². The van der Waals surface area contributed by atoms with E-state index in [0.717, 1.165) is 50.7 Å². The van der Waals surface area contributed by atoms with Gasteiger partial charge in [0, 0.05) is 17.3 Å². The molecule has 1 aliphatic rings. The molecule has 150 valence electrons. The summed E-state index contributed by atoms with van der Waals surface area (Å²) < 4.78 is 2.05. The molecule has 0 bridgehead atoms. The topological polar surface area (TPSA) is 80.3 Å². The third-order valence-corrected chi connectivity index (χ3v) is 6.89. The van der Waals surface area contributed by atoms with Gasteiger partial charge in [-0.25, -0.2) is 9.97 Å². The Kier molecular flexibility index (Phi) is 4.94. The number of thiazole rings is 1. The number of thioether (sulfide) groups is 1. The number of aromatic nitrogens is 3. The molecule has 0 saturated heterocycles. The zero-order valence-electron chi connectivity index (χ0n) is 16.1. The Labute approximate surface area is 182 Å². The molecule has 0 saturated carbocycles. The predicted molar refractivity (Wildman–Crippen MR) is 128 cm³/mol. The zero-order chi connectivity index (χ0) is 20.5. The number of hydrogen-bond acceptors (Lipinski definition) is 7. The van der Waals surface area contributed by atoms with E-state index in [4.69, 9.17) is 10.7 Å². The first-order valence-corrected chi connectivity index (χ1v) is 11.3. The Balaban J connectivity index is 1.23. The fourth-order valence-electron chi connectivity index (χ4n) is 3.30. The monoisotopic (exact) mass is 432 g/mol. The number of anilines is 3. The molecule has 4 heterocycles. The molecular weight excluding hydrogens is 412 g/mol. The number of nitrogen functional groups attached to an aromatic ring is 1. The van der Waals surface area contributed by atoms with Crippen molar-refractivity contribution in [1.82, 2.24) is 14.4 Å². The minimum absolute atomic E-state index is 0.241. The highest BCUT2D eigenvalue weighted by molar-refractivity contribution is 8.04. The molecule has 1 unspecified atom stereocenters. The van der Waals surface area contributed by atoms with E-state index in [2.05, 4.69) is 33.7 Å². The minimum Gasteiger partial charge on any atom is -0.397 e. The second kappa shape index (κ2) is 7.89. The second-order valence-electron chi connectivity index (χ2n) is 6.88. The van der Waals surface area contributed by atoms with Crippen LogP contribution in [-0.4, -0.2) is 19.6 Å². The van der Waals surface area contributed by atoms with Gasteiger partial charge in [-0.2, -0.15) is 0 Å². The van der Waals surface area contributed by atoms with Crippen molar-refractivity contribution in [3.63, 3.8) is 0 Å². The first kappa shape index (κ1) is 18.8. The smallest absolute Gasteiger partial charge is 0.188 e. The van der Waals surface area contributed by atoms with Gasteiger partial charge in [0.25, 0.3) is 0 Å². The molecule has 1 aromatic carbocycles. The van der Waals surface area contributed by atoms with E-state index >= 15 is 0 Å². The Bertz CT molecular complexity index is 1260. The van der Waals surface area contributed by atoms with Crippen molar-refractivity contribution < 1.29 is 0 Å². The van der Waals surface area contributed by atoms with Crippen molar-refractivity contribution >= 4 is 45.3 Å². The number of nitrogens with two attached hydrogens (primary N) is 1. The van der Waals surface area contributed by atoms with Gasteiger partial charge < -0.3 is 16.4 Å². The lowest BCUT2D eigenvalue weighted by atomic mass is 10.2. The normalized spacial score (nSPS) is 15.9. The first-order chi connectivity index (χ1) is 14.7. The van der Waals surface area contributed by atoms with Crippen molar-refractivity contribution in [3.8, 4) is 11.4 Å². The average molecular weight is 433 g/mol. The number of nitrogens with zero attached hydrogens (tertiary/aromatic N) is 3. The van der Waals surface area contributed by atoms with Crippen LogP contribution in [0.4, 0.5) is 16.5 Å². The van der Waals surface area contributed by atoms with Crippen molar-refractivity contribution in [1.29, 1.82) is 0 Å². The highest BCUT2D eigenvalue weighted by atomic mass is 32.2. The number of nitrogens with one attached hydrogen (secondary N) is 2. The van der Waals surface area contributed by atoms with Crippen LogP contribution in [0.15, 0.2) is 83.6 Å². The number of hydrogen-bond donors (Lipinski definition) is 3. The summed E-state index contributed by atoms with van der Waals surface area (Å²) in [5.74, 6) is 0. The van der Waals surface area contributed by atoms with E-state index in [1.54, 1.807) is 23.1 Å². The maximum atomic E-state index is 6.03. The third-order valence-electron chi connectivity index (χ3n) is 4.84. The van der Waals surface area contributed by atoms with Crippen LogP contribution < -0.4 is 16.4 Å². The van der Waals surface area contributed by atoms with Crippen LogP contribution in [0.3, 0.4) is 0 Å². The van der Waals surface area contributed by atoms with E-state index < -0.39 is 0 Å². The van der Waals surface area contributed by atoms with Gasteiger partial charge in [0.15, 0.2) is 5.13 Å². The Morgan fingerprint density at radius 2 is 2.07 bits per heavy atom. The van der Waals surface area contributed by atoms with Crippen molar-refractivity contribution in [2.24, 2.45) is 0 Å². The fourth-order valence-corrected chi connectivity index (χ4v) is 5.13. The quantitative estimate of drug-likeness (QED) is 0.353. The molecule has 30 heavy (non-hydrogen) atoms. The second-order valence-corrected chi connectivity index (χ2v) is 8.99. The van der Waals surface area contributed by atoms with Crippen molar-refractivity contribution in [3.05, 3.63) is 83.6 Å². The number of pyridine rings is 1. The summed E-state index contributed by atoms with van der Waals surface area (Å²) in [6.45, 7) is 4.21. The van der Waals surface area contributed by atoms with E-state index in [0.29, 0.717) is 0 Å². The van der Waals surface area contributed by atoms with Crippen LogP contribution in [0.25, 0.3) is 17.0 Å². The highest BCUT2D eigenvalue weighted by Crippen LogP contribution is 2.38. The number of allylic oxidation sites excluding steroid dienone is 1. The lowest BCUT2D eigenvalue weighted by Crippen LogP contribution is -2.11. The summed E-state index contributed by atoms with van der Waals surface area (Å²) in [6.07, 6.45) is 6.95. The van der Waals surface area contributed by atoms with Crippen LogP contribution in [0.2, 0.25) is 0 Å². The summed E-state index contributed by atoms with van der Waals surface area (Å²) >= 11 is 3.33. The van der Waals surface area contributed by atoms with Gasteiger partial charge in [0.1, 0.15) is 11.3 Å². The molecule has 1 aliphatic heterocycles. The average Bonchev–Trinajstić information content (AvgIpc) is 3.49. The van der Waals surface area contributed by atoms with Crippen molar-refractivity contribution in [2.45, 2.75) is 11.7 Å². The van der Waals surface area contributed by atoms with Crippen LogP contribution in [0.5, 0.6) is 0 Å². The number of para-hydroxylation sites is 2. The number of rotatable bonds is 6. The van der Waals surface area contributed by atoms with Gasteiger partial charge in [-0.05, 0) is 30.7 Å². The summed E-state index contributed by atoms with van der Waals surface area (Å²) in [5, 5.41) is 11.0. The summed E-state index contributed by atoms with van der Waals surface area (Å²) in [4.78, 5) is 9.20. The summed E-state index contributed by atoms with van der Waals surface area (Å²) in [6, 6.07) is 13.7. The summed E-state index contributed by atoms with van der Waals surface area (Å²) in [5.41, 5.74) is 11.4. The van der Waals surface area contributed by atoms with Gasteiger partial charge in [-0.1, -0.05) is 42.6 Å². The predicted octanol–water partition coefficient (Wildman–Crippen LogP) is 5.42. The third kappa shape index (κ3) is 3.67. The van der Waals surface area contributed by atoms with E-state index in [1.807, 2.05) is 59.3 Å². The number of benzene rings is 1. The molecule has 4 N–H and O–H groups in total. The first-order valence-electron chi connectivity index (χ1n) is 9.49. The molecule has 6 nitrogen and oxygen atoms in total. The molecule has 0 fully saturated rings. The molecular formula is C22H20N6S2. The summed E-state index contributed by atoms with van der Waals surface area (Å²) in [7, 11) is 0. The van der Waals surface area contributed by atoms with E-state index in [9.17, 15) is 0 Å². The van der Waals surface area contributed by atoms with E-state index in [-0.39, 0.29) is 5.25 Å². The van der Waals surface area contributed by atoms with Gasteiger partial charge in [-0.15, -0.1) is 11.3 Å². The lowest BCUT2D eigenvalue weighted by molar-refractivity contribution is 1.03. The zero-order valence-corrected chi connectivity index (χ0v) is 17.7. The van der Waals surface area contributed by atoms with Crippen LogP contribution in [0, 0.1) is 0 Å². The fraction of sp³-hybridized carbons (Fsp3) is 0.0909. The minimum atomic E-state index is 0.241. The molecule has 5 rings (SSSR count). The maximum absolute atomic E-state index is 6.03. The van der Waals surface area contributed by atoms with Gasteiger partial charge in [0.05, 0.1) is 33.5 Å². The van der Waals surface area contributed by atoms with Gasteiger partial charge >= 0.3 is 0 Å². The van der Waals surface area contributed by atoms with Crippen LogP contribution >= 0.6 is 23.1 Å². The largest absolute Gasteiger partial charge is 0.397 e. The van der Waals surface area contributed by atoms with E-state index in [1.165, 1.54) is 0 Å². The molecule has 0 amide bonds. The highest BCUT2D eigenvalue weighted by Gasteiger charge is 2.22. The molecule has 1 atom stereocenters. The molecule has 3 aromatic heterocycles. The SMILES string of the molecule is C=C(Nc1ccccc1N)C1CC=C(Nc2nc(-c3cnc4ccccn34)cs2)S1. The van der Waals surface area contributed by atoms with Crippen LogP contribution in [-0.2, 0) is 0 Å². The van der Waals surface area contributed by atoms with Crippen LogP contribution in [0.1, 0.15) is 6.42 Å². The molecule has 8 heteroatoms. The maximum Gasteiger partial charge on any atom is 0.188 e. The molecule has 0 aliphatic carbocycles. The number of fused-ring (bicyclic) bond motifs is 1. The molecule has 0 radical (unpaired) electrons. The molecule has 0 spiro atoms.